The van der Waals surface area contributed by atoms with Gasteiger partial charge in [0.25, 0.3) is 0 Å². The molecule has 9 heavy (non-hydrogen) atoms. The quantitative estimate of drug-likeness (QED) is 0.489. The van der Waals surface area contributed by atoms with E-state index in [1.54, 1.807) is 0 Å². The van der Waals surface area contributed by atoms with E-state index in [1.807, 2.05) is 0 Å². The molecule has 1 heterocycles. The van der Waals surface area contributed by atoms with Crippen molar-refractivity contribution in [3.05, 3.63) is 0 Å². The fraction of sp³-hybridized carbons (Fsp3) is 1.00. The normalized spacial score (nSPS) is 23.3. The summed E-state index contributed by atoms with van der Waals surface area (Å²) in [7, 11) is 2.35. The van der Waals surface area contributed by atoms with Crippen LogP contribution in [0.3, 0.4) is 0 Å². The van der Waals surface area contributed by atoms with Crippen LogP contribution in [-0.2, 0) is 0 Å². The second kappa shape index (κ2) is 3.18. The van der Waals surface area contributed by atoms with Gasteiger partial charge in [-0.25, -0.2) is 0 Å². The zero-order chi connectivity index (χ0) is 6.04. The lowest BCUT2D eigenvalue weighted by Crippen LogP contribution is -2.40. The van der Waals surface area contributed by atoms with Crippen LogP contribution in [0.25, 0.3) is 0 Å². The third-order valence-corrected chi connectivity index (χ3v) is 2.41. The molecule has 56 valence electrons. The number of rotatable bonds is 1. The number of hydrogen-bond acceptors (Lipinski definition) is 1. The third-order valence-electron chi connectivity index (χ3n) is 2.41. The second-order valence-corrected chi connectivity index (χ2v) is 3.09. The lowest BCUT2D eigenvalue weighted by molar-refractivity contribution is -0.895. The number of hydrogen-bond donors (Lipinski definition) is 0. The average Bonchev–Trinajstić information content (AvgIpc) is 2.17. The summed E-state index contributed by atoms with van der Waals surface area (Å²) in [6, 6.07) is 0. The van der Waals surface area contributed by atoms with Crippen molar-refractivity contribution in [2.24, 2.45) is 0 Å². The van der Waals surface area contributed by atoms with E-state index in [2.05, 4.69) is 14.0 Å². The van der Waals surface area contributed by atoms with Crippen LogP contribution in [0.2, 0.25) is 0 Å². The van der Waals surface area contributed by atoms with Crippen LogP contribution in [-0.4, -0.2) is 36.6 Å². The highest BCUT2D eigenvalue weighted by Gasteiger charge is 2.23. The van der Waals surface area contributed by atoms with Crippen LogP contribution < -0.4 is 0 Å². The standard InChI is InChI=1S/C7H16N.H2O/c1-3-8(2)6-4-5-7-8;/h3-7H2,1-2H3;1H2/q+1;/p-1. The minimum absolute atomic E-state index is 0. The molecular weight excluding hydrogens is 114 g/mol. The number of nitrogens with zero attached hydrogens (tertiary/aromatic N) is 1. The van der Waals surface area contributed by atoms with Gasteiger partial charge in [-0.2, -0.15) is 0 Å². The molecule has 1 N–H and O–H groups in total. The van der Waals surface area contributed by atoms with Gasteiger partial charge in [-0.15, -0.1) is 0 Å². The van der Waals surface area contributed by atoms with Crippen molar-refractivity contribution >= 4 is 0 Å². The van der Waals surface area contributed by atoms with E-state index in [-0.39, 0.29) is 5.48 Å². The highest BCUT2D eigenvalue weighted by Crippen LogP contribution is 2.14. The summed E-state index contributed by atoms with van der Waals surface area (Å²) in [6.07, 6.45) is 2.90. The van der Waals surface area contributed by atoms with Gasteiger partial charge in [0.2, 0.25) is 0 Å². The van der Waals surface area contributed by atoms with E-state index in [1.165, 1.54) is 37.0 Å². The molecule has 0 aromatic rings. The van der Waals surface area contributed by atoms with Gasteiger partial charge in [-0.3, -0.25) is 0 Å². The summed E-state index contributed by atoms with van der Waals surface area (Å²) in [4.78, 5) is 0. The van der Waals surface area contributed by atoms with E-state index in [9.17, 15) is 0 Å². The first-order valence-electron chi connectivity index (χ1n) is 3.60. The Morgan fingerprint density at radius 2 is 1.67 bits per heavy atom. The summed E-state index contributed by atoms with van der Waals surface area (Å²) in [6.45, 7) is 6.43. The van der Waals surface area contributed by atoms with Crippen molar-refractivity contribution in [2.75, 3.05) is 26.7 Å². The first-order valence-corrected chi connectivity index (χ1v) is 3.60. The van der Waals surface area contributed by atoms with Crippen LogP contribution in [0, 0.1) is 0 Å². The monoisotopic (exact) mass is 131 g/mol. The van der Waals surface area contributed by atoms with Crippen LogP contribution in [0.4, 0.5) is 0 Å². The molecule has 1 rings (SSSR count). The summed E-state index contributed by atoms with van der Waals surface area (Å²) < 4.78 is 1.32. The van der Waals surface area contributed by atoms with Gasteiger partial charge in [-0.1, -0.05) is 0 Å². The zero-order valence-electron chi connectivity index (χ0n) is 6.43. The highest BCUT2D eigenvalue weighted by atomic mass is 16.0. The van der Waals surface area contributed by atoms with Gasteiger partial charge in [0.15, 0.2) is 0 Å². The van der Waals surface area contributed by atoms with Crippen LogP contribution in [0.1, 0.15) is 19.8 Å². The number of likely N-dealkylation sites (tertiary alicyclic amines) is 1. The first kappa shape index (κ1) is 8.92. The molecule has 0 spiro atoms. The molecule has 1 aliphatic rings. The maximum absolute atomic E-state index is 2.35. The lowest BCUT2D eigenvalue weighted by atomic mass is 10.4. The molecule has 0 atom stereocenters. The summed E-state index contributed by atoms with van der Waals surface area (Å²) >= 11 is 0. The average molecular weight is 131 g/mol. The van der Waals surface area contributed by atoms with Crippen molar-refractivity contribution in [1.29, 1.82) is 0 Å². The smallest absolute Gasteiger partial charge is 0.0786 e. The molecule has 0 amide bonds. The maximum atomic E-state index is 2.35. The van der Waals surface area contributed by atoms with Gasteiger partial charge >= 0.3 is 0 Å². The second-order valence-electron chi connectivity index (χ2n) is 3.09. The Balaban J connectivity index is 0.000000640. The molecule has 1 fully saturated rings. The largest absolute Gasteiger partial charge is 0.870 e. The Kier molecular flexibility index (Phi) is 3.15. The summed E-state index contributed by atoms with van der Waals surface area (Å²) in [5.74, 6) is 0. The molecule has 1 saturated heterocycles. The van der Waals surface area contributed by atoms with Gasteiger partial charge in [-0.05, 0) is 6.92 Å². The van der Waals surface area contributed by atoms with Crippen LogP contribution in [0.5, 0.6) is 0 Å². The maximum Gasteiger partial charge on any atom is 0.0786 e. The molecule has 0 unspecified atom stereocenters. The van der Waals surface area contributed by atoms with Gasteiger partial charge in [0.1, 0.15) is 0 Å². The highest BCUT2D eigenvalue weighted by molar-refractivity contribution is 4.49. The molecule has 0 radical (unpaired) electrons. The van der Waals surface area contributed by atoms with E-state index < -0.39 is 0 Å². The Hall–Kier alpha value is -0.0800. The van der Waals surface area contributed by atoms with E-state index >= 15 is 0 Å². The Morgan fingerprint density at radius 3 is 1.89 bits per heavy atom. The summed E-state index contributed by atoms with van der Waals surface area (Å²) in [5.41, 5.74) is 0. The van der Waals surface area contributed by atoms with Gasteiger partial charge in [0.05, 0.1) is 26.7 Å². The molecule has 0 bridgehead atoms. The Morgan fingerprint density at radius 1 is 1.22 bits per heavy atom. The van der Waals surface area contributed by atoms with Crippen molar-refractivity contribution in [3.8, 4) is 0 Å². The molecule has 0 aromatic heterocycles. The van der Waals surface area contributed by atoms with Crippen molar-refractivity contribution in [3.63, 3.8) is 0 Å². The lowest BCUT2D eigenvalue weighted by Gasteiger charge is -2.26. The predicted octanol–water partition coefficient (Wildman–Crippen LogP) is 1.07. The van der Waals surface area contributed by atoms with E-state index in [0.717, 1.165) is 0 Å². The van der Waals surface area contributed by atoms with Gasteiger partial charge < -0.3 is 9.96 Å². The van der Waals surface area contributed by atoms with E-state index in [4.69, 9.17) is 0 Å². The molecule has 2 heteroatoms. The Bertz CT molecular complexity index is 77.0. The molecule has 0 aromatic carbocycles. The fourth-order valence-corrected chi connectivity index (χ4v) is 1.42. The van der Waals surface area contributed by atoms with Crippen LogP contribution in [0.15, 0.2) is 0 Å². The molecule has 1 aliphatic heterocycles. The van der Waals surface area contributed by atoms with Crippen molar-refractivity contribution < 1.29 is 9.96 Å². The minimum atomic E-state index is 0. The van der Waals surface area contributed by atoms with E-state index in [0.29, 0.717) is 0 Å². The molecule has 2 nitrogen and oxygen atoms in total. The summed E-state index contributed by atoms with van der Waals surface area (Å²) in [5, 5.41) is 0. The van der Waals surface area contributed by atoms with Gasteiger partial charge in [0, 0.05) is 12.8 Å². The van der Waals surface area contributed by atoms with Crippen molar-refractivity contribution in [2.45, 2.75) is 19.8 Å². The molecular formula is C7H17NO. The zero-order valence-corrected chi connectivity index (χ0v) is 6.43. The SMILES string of the molecule is CC[N+]1(C)CCCC1.[OH-]. The molecule has 0 aliphatic carbocycles. The van der Waals surface area contributed by atoms with Crippen molar-refractivity contribution in [1.82, 2.24) is 0 Å². The minimum Gasteiger partial charge on any atom is -0.870 e. The third kappa shape index (κ3) is 1.95. The van der Waals surface area contributed by atoms with Crippen LogP contribution >= 0.6 is 0 Å². The first-order chi connectivity index (χ1) is 3.77. The topological polar surface area (TPSA) is 30.0 Å². The number of quaternary nitrogens is 1. The Labute approximate surface area is 57.4 Å². The predicted molar refractivity (Wildman–Crippen MR) is 37.6 cm³/mol. The molecule has 0 saturated carbocycles. The fourth-order valence-electron chi connectivity index (χ4n) is 1.42.